The molecule has 44 heavy (non-hydrogen) atoms. The molecule has 11 nitrogen and oxygen atoms in total. The van der Waals surface area contributed by atoms with Crippen molar-refractivity contribution in [3.05, 3.63) is 94.0 Å². The third kappa shape index (κ3) is 8.56. The quantitative estimate of drug-likeness (QED) is 0.191. The number of carbonyl (C=O) groups is 2. The second-order valence-corrected chi connectivity index (χ2v) is 12.7. The van der Waals surface area contributed by atoms with E-state index in [-0.39, 0.29) is 34.6 Å². The van der Waals surface area contributed by atoms with Crippen molar-refractivity contribution in [2.75, 3.05) is 31.0 Å². The fourth-order valence-corrected chi connectivity index (χ4v) is 6.10. The minimum absolute atomic E-state index is 0.155. The van der Waals surface area contributed by atoms with Gasteiger partial charge in [-0.3, -0.25) is 24.0 Å². The predicted molar refractivity (Wildman–Crippen MR) is 169 cm³/mol. The van der Waals surface area contributed by atoms with Gasteiger partial charge in [0.25, 0.3) is 15.7 Å². The number of benzene rings is 3. The number of methoxy groups -OCH3 is 1. The van der Waals surface area contributed by atoms with Crippen LogP contribution in [0.4, 0.5) is 11.4 Å². The van der Waals surface area contributed by atoms with Gasteiger partial charge in [-0.2, -0.15) is 0 Å². The molecule has 0 fully saturated rings. The standard InChI is InChI=1S/C32H40N4O7S/c1-6-29(32(38)33-21-23(2)3)34(19-18-25-10-8-7-9-11-25)31(37)22-35(26-13-15-27(43-5)16-14-26)44(41,42)28-17-12-24(4)30(20-28)36(39)40/h7-17,20,23,29H,6,18-19,21-22H2,1-5H3,(H,33,38). The van der Waals surface area contributed by atoms with Crippen molar-refractivity contribution in [3.8, 4) is 5.75 Å². The zero-order valence-corrected chi connectivity index (χ0v) is 26.5. The summed E-state index contributed by atoms with van der Waals surface area (Å²) in [6, 6.07) is 18.4. The van der Waals surface area contributed by atoms with Crippen molar-refractivity contribution in [1.29, 1.82) is 0 Å². The zero-order chi connectivity index (χ0) is 32.4. The highest BCUT2D eigenvalue weighted by Gasteiger charge is 2.34. The summed E-state index contributed by atoms with van der Waals surface area (Å²) in [5.41, 5.74) is 1.05. The van der Waals surface area contributed by atoms with E-state index in [9.17, 15) is 28.1 Å². The third-order valence-electron chi connectivity index (χ3n) is 7.16. The van der Waals surface area contributed by atoms with Crippen LogP contribution < -0.4 is 14.4 Å². The number of nitro groups is 1. The molecule has 0 aromatic heterocycles. The highest BCUT2D eigenvalue weighted by atomic mass is 32.2. The molecule has 0 aliphatic carbocycles. The van der Waals surface area contributed by atoms with Gasteiger partial charge in [-0.1, -0.05) is 57.2 Å². The van der Waals surface area contributed by atoms with Crippen molar-refractivity contribution >= 4 is 33.2 Å². The van der Waals surface area contributed by atoms with E-state index in [1.165, 1.54) is 43.2 Å². The Bertz CT molecular complexity index is 1540. The van der Waals surface area contributed by atoms with E-state index in [1.807, 2.05) is 44.2 Å². The highest BCUT2D eigenvalue weighted by molar-refractivity contribution is 7.92. The van der Waals surface area contributed by atoms with Gasteiger partial charge in [-0.15, -0.1) is 0 Å². The SMILES string of the molecule is CCC(C(=O)NCC(C)C)N(CCc1ccccc1)C(=O)CN(c1ccc(OC)cc1)S(=O)(=O)c1ccc(C)c([N+](=O)[O-])c1. The molecule has 2 amide bonds. The summed E-state index contributed by atoms with van der Waals surface area (Å²) in [7, 11) is -3.01. The van der Waals surface area contributed by atoms with Crippen molar-refractivity contribution < 1.29 is 27.7 Å². The van der Waals surface area contributed by atoms with Crippen molar-refractivity contribution in [1.82, 2.24) is 10.2 Å². The molecule has 12 heteroatoms. The summed E-state index contributed by atoms with van der Waals surface area (Å²) >= 11 is 0. The van der Waals surface area contributed by atoms with Gasteiger partial charge in [-0.25, -0.2) is 8.42 Å². The number of carbonyl (C=O) groups excluding carboxylic acids is 2. The maximum atomic E-state index is 14.1. The van der Waals surface area contributed by atoms with Gasteiger partial charge in [0, 0.05) is 24.7 Å². The summed E-state index contributed by atoms with van der Waals surface area (Å²) in [6.07, 6.45) is 0.754. The normalized spacial score (nSPS) is 12.0. The second kappa shape index (κ2) is 15.3. The first-order valence-corrected chi connectivity index (χ1v) is 15.9. The van der Waals surface area contributed by atoms with Crippen molar-refractivity contribution in [2.45, 2.75) is 51.5 Å². The van der Waals surface area contributed by atoms with Crippen LogP contribution in [0.1, 0.15) is 38.3 Å². The molecule has 0 saturated heterocycles. The van der Waals surface area contributed by atoms with Crippen LogP contribution in [0.25, 0.3) is 0 Å². The summed E-state index contributed by atoms with van der Waals surface area (Å²) in [6.45, 7) is 7.20. The number of hydrogen-bond donors (Lipinski definition) is 1. The average Bonchev–Trinajstić information content (AvgIpc) is 3.01. The van der Waals surface area contributed by atoms with Gasteiger partial charge < -0.3 is 15.0 Å². The minimum atomic E-state index is -4.48. The molecule has 1 atom stereocenters. The number of rotatable bonds is 15. The molecule has 0 radical (unpaired) electrons. The second-order valence-electron chi connectivity index (χ2n) is 10.8. The molecule has 3 aromatic rings. The van der Waals surface area contributed by atoms with E-state index in [2.05, 4.69) is 5.32 Å². The molecule has 0 aliphatic rings. The van der Waals surface area contributed by atoms with E-state index in [4.69, 9.17) is 4.74 Å². The monoisotopic (exact) mass is 624 g/mol. The summed E-state index contributed by atoms with van der Waals surface area (Å²) in [5, 5.41) is 14.5. The molecule has 0 bridgehead atoms. The lowest BCUT2D eigenvalue weighted by atomic mass is 10.1. The molecule has 0 saturated carbocycles. The molecule has 0 aliphatic heterocycles. The smallest absolute Gasteiger partial charge is 0.273 e. The molecule has 1 N–H and O–H groups in total. The van der Waals surface area contributed by atoms with Crippen LogP contribution in [0.15, 0.2) is 77.7 Å². The fraction of sp³-hybridized carbons (Fsp3) is 0.375. The van der Waals surface area contributed by atoms with Crippen LogP contribution in [0, 0.1) is 23.0 Å². The van der Waals surface area contributed by atoms with Crippen LogP contribution in [-0.4, -0.2) is 62.8 Å². The number of hydrogen-bond acceptors (Lipinski definition) is 7. The maximum Gasteiger partial charge on any atom is 0.273 e. The topological polar surface area (TPSA) is 139 Å². The molecule has 3 aromatic carbocycles. The summed E-state index contributed by atoms with van der Waals surface area (Å²) in [4.78, 5) is 39.5. The van der Waals surface area contributed by atoms with Crippen LogP contribution >= 0.6 is 0 Å². The lowest BCUT2D eigenvalue weighted by molar-refractivity contribution is -0.385. The Morgan fingerprint density at radius 3 is 2.25 bits per heavy atom. The third-order valence-corrected chi connectivity index (χ3v) is 8.93. The minimum Gasteiger partial charge on any atom is -0.497 e. The molecule has 0 spiro atoms. The van der Waals surface area contributed by atoms with E-state index < -0.39 is 33.4 Å². The van der Waals surface area contributed by atoms with Crippen molar-refractivity contribution in [3.63, 3.8) is 0 Å². The lowest BCUT2D eigenvalue weighted by Crippen LogP contribution is -2.53. The maximum absolute atomic E-state index is 14.1. The first-order chi connectivity index (χ1) is 20.9. The number of nitrogens with zero attached hydrogens (tertiary/aromatic N) is 3. The number of ether oxygens (including phenoxy) is 1. The van der Waals surface area contributed by atoms with Gasteiger partial charge in [-0.05, 0) is 61.6 Å². The number of sulfonamides is 1. The van der Waals surface area contributed by atoms with Gasteiger partial charge in [0.2, 0.25) is 11.8 Å². The van der Waals surface area contributed by atoms with Crippen LogP contribution in [0.2, 0.25) is 0 Å². The average molecular weight is 625 g/mol. The lowest BCUT2D eigenvalue weighted by Gasteiger charge is -2.33. The van der Waals surface area contributed by atoms with E-state index in [1.54, 1.807) is 19.1 Å². The fourth-order valence-electron chi connectivity index (χ4n) is 4.67. The van der Waals surface area contributed by atoms with Gasteiger partial charge in [0.05, 0.1) is 22.6 Å². The van der Waals surface area contributed by atoms with Gasteiger partial charge >= 0.3 is 0 Å². The highest BCUT2D eigenvalue weighted by Crippen LogP contribution is 2.29. The number of nitro benzene ring substituents is 1. The Kier molecular flexibility index (Phi) is 11.9. The Labute approximate surface area is 259 Å². The van der Waals surface area contributed by atoms with Gasteiger partial charge in [0.15, 0.2) is 0 Å². The first-order valence-electron chi connectivity index (χ1n) is 14.4. The van der Waals surface area contributed by atoms with E-state index >= 15 is 0 Å². The molecule has 1 unspecified atom stereocenters. The molecule has 0 heterocycles. The Morgan fingerprint density at radius 1 is 1.02 bits per heavy atom. The predicted octanol–water partition coefficient (Wildman–Crippen LogP) is 4.73. The van der Waals surface area contributed by atoms with Gasteiger partial charge in [0.1, 0.15) is 18.3 Å². The van der Waals surface area contributed by atoms with E-state index in [0.29, 0.717) is 30.7 Å². The molecular formula is C32H40N4O7S. The zero-order valence-electron chi connectivity index (χ0n) is 25.7. The van der Waals surface area contributed by atoms with Crippen LogP contribution in [-0.2, 0) is 26.0 Å². The molecule has 3 rings (SSSR count). The summed E-state index contributed by atoms with van der Waals surface area (Å²) in [5.74, 6) is -0.246. The molecule has 236 valence electrons. The Hall–Kier alpha value is -4.45. The largest absolute Gasteiger partial charge is 0.497 e. The van der Waals surface area contributed by atoms with Crippen molar-refractivity contribution in [2.24, 2.45) is 5.92 Å². The van der Waals surface area contributed by atoms with E-state index in [0.717, 1.165) is 15.9 Å². The number of nitrogens with one attached hydrogen (secondary N) is 1. The summed E-state index contributed by atoms with van der Waals surface area (Å²) < 4.78 is 34.3. The Balaban J connectivity index is 2.06. The Morgan fingerprint density at radius 2 is 1.68 bits per heavy atom. The van der Waals surface area contributed by atoms with Crippen LogP contribution in [0.5, 0.6) is 5.75 Å². The number of amides is 2. The van der Waals surface area contributed by atoms with Crippen LogP contribution in [0.3, 0.4) is 0 Å². The molecular weight excluding hydrogens is 584 g/mol. The number of anilines is 1. The number of aryl methyl sites for hydroxylation is 1. The first kappa shape index (κ1) is 34.0.